The van der Waals surface area contributed by atoms with E-state index in [1.165, 1.54) is 12.8 Å². The van der Waals surface area contributed by atoms with Crippen LogP contribution in [0.3, 0.4) is 0 Å². The van der Waals surface area contributed by atoms with Crippen LogP contribution in [0.2, 0.25) is 0 Å². The number of amides is 1. The predicted octanol–water partition coefficient (Wildman–Crippen LogP) is 2.16. The van der Waals surface area contributed by atoms with E-state index in [0.29, 0.717) is 5.41 Å². The maximum absolute atomic E-state index is 12.1. The summed E-state index contributed by atoms with van der Waals surface area (Å²) >= 11 is 0. The molecule has 0 aromatic heterocycles. The summed E-state index contributed by atoms with van der Waals surface area (Å²) in [6.07, 6.45) is 4.19. The molecule has 2 fully saturated rings. The quantitative estimate of drug-likeness (QED) is 0.765. The zero-order valence-electron chi connectivity index (χ0n) is 11.0. The Morgan fingerprint density at radius 1 is 1.41 bits per heavy atom. The van der Waals surface area contributed by atoms with E-state index in [-0.39, 0.29) is 18.7 Å². The van der Waals surface area contributed by atoms with Gasteiger partial charge in [-0.05, 0) is 51.9 Å². The van der Waals surface area contributed by atoms with Gasteiger partial charge in [-0.25, -0.2) is 4.79 Å². The van der Waals surface area contributed by atoms with Gasteiger partial charge in [-0.2, -0.15) is 0 Å². The average Bonchev–Trinajstić information content (AvgIpc) is 2.95. The van der Waals surface area contributed by atoms with E-state index < -0.39 is 5.60 Å². The van der Waals surface area contributed by atoms with Crippen LogP contribution in [-0.2, 0) is 4.74 Å². The molecule has 1 aliphatic heterocycles. The molecule has 0 aromatic rings. The number of nitrogens with zero attached hydrogens (tertiary/aromatic N) is 1. The summed E-state index contributed by atoms with van der Waals surface area (Å²) in [4.78, 5) is 13.8. The first-order chi connectivity index (χ1) is 7.85. The van der Waals surface area contributed by atoms with Crippen LogP contribution >= 0.6 is 0 Å². The van der Waals surface area contributed by atoms with Crippen LogP contribution in [0.25, 0.3) is 0 Å². The highest BCUT2D eigenvalue weighted by Crippen LogP contribution is 2.53. The van der Waals surface area contributed by atoms with Crippen LogP contribution in [0.4, 0.5) is 4.79 Å². The molecule has 0 aromatic carbocycles. The van der Waals surface area contributed by atoms with E-state index in [1.807, 2.05) is 20.8 Å². The summed E-state index contributed by atoms with van der Waals surface area (Å²) in [5.74, 6) is 0. The average molecular weight is 241 g/mol. The van der Waals surface area contributed by atoms with Crippen LogP contribution < -0.4 is 0 Å². The van der Waals surface area contributed by atoms with Crippen LogP contribution in [0.1, 0.15) is 46.5 Å². The lowest BCUT2D eigenvalue weighted by Gasteiger charge is -2.39. The van der Waals surface area contributed by atoms with Crippen molar-refractivity contribution in [3.05, 3.63) is 0 Å². The van der Waals surface area contributed by atoms with Gasteiger partial charge in [0.1, 0.15) is 5.60 Å². The molecular formula is C13H23NO3. The zero-order chi connectivity index (χ0) is 12.7. The van der Waals surface area contributed by atoms with E-state index in [4.69, 9.17) is 4.74 Å². The van der Waals surface area contributed by atoms with Gasteiger partial charge in [0.2, 0.25) is 0 Å². The Balaban J connectivity index is 2.02. The molecule has 1 atom stereocenters. The number of carbonyl (C=O) groups is 1. The Hall–Kier alpha value is -0.770. The van der Waals surface area contributed by atoms with Crippen molar-refractivity contribution in [1.82, 2.24) is 4.90 Å². The number of aliphatic hydroxyl groups is 1. The monoisotopic (exact) mass is 241 g/mol. The topological polar surface area (TPSA) is 49.8 Å². The van der Waals surface area contributed by atoms with Gasteiger partial charge in [-0.1, -0.05) is 0 Å². The summed E-state index contributed by atoms with van der Waals surface area (Å²) in [6, 6.07) is -0.0592. The van der Waals surface area contributed by atoms with Crippen molar-refractivity contribution in [3.63, 3.8) is 0 Å². The highest BCUT2D eigenvalue weighted by atomic mass is 16.6. The Bertz CT molecular complexity index is 304. The number of likely N-dealkylation sites (tertiary alicyclic amines) is 1. The summed E-state index contributed by atoms with van der Waals surface area (Å²) in [6.45, 7) is 6.41. The highest BCUT2D eigenvalue weighted by Gasteiger charge is 2.49. The third-order valence-corrected chi connectivity index (χ3v) is 3.75. The fourth-order valence-corrected chi connectivity index (χ4v) is 2.51. The number of aliphatic hydroxyl groups excluding tert-OH is 1. The zero-order valence-corrected chi connectivity index (χ0v) is 11.0. The number of carbonyl (C=O) groups excluding carboxylic acids is 1. The molecule has 2 rings (SSSR count). The second kappa shape index (κ2) is 4.16. The summed E-state index contributed by atoms with van der Waals surface area (Å²) < 4.78 is 5.41. The molecule has 17 heavy (non-hydrogen) atoms. The van der Waals surface area contributed by atoms with Gasteiger partial charge in [0.05, 0.1) is 12.6 Å². The van der Waals surface area contributed by atoms with Gasteiger partial charge in [0, 0.05) is 6.54 Å². The van der Waals surface area contributed by atoms with Gasteiger partial charge < -0.3 is 14.7 Å². The fourth-order valence-electron chi connectivity index (χ4n) is 2.51. The third-order valence-electron chi connectivity index (χ3n) is 3.75. The molecule has 2 aliphatic rings. The van der Waals surface area contributed by atoms with E-state index in [9.17, 15) is 9.90 Å². The number of hydrogen-bond donors (Lipinski definition) is 1. The SMILES string of the molecule is CC(C)(C)OC(=O)N1CC2(CC[C@@H]1CO)CC2. The highest BCUT2D eigenvalue weighted by molar-refractivity contribution is 5.69. The Morgan fingerprint density at radius 2 is 2.06 bits per heavy atom. The minimum absolute atomic E-state index is 0.0370. The van der Waals surface area contributed by atoms with E-state index in [2.05, 4.69) is 0 Å². The lowest BCUT2D eigenvalue weighted by Crippen LogP contribution is -2.50. The lowest BCUT2D eigenvalue weighted by atomic mass is 9.91. The molecule has 98 valence electrons. The van der Waals surface area contributed by atoms with Crippen LogP contribution in [0, 0.1) is 5.41 Å². The van der Waals surface area contributed by atoms with Crippen molar-refractivity contribution in [1.29, 1.82) is 0 Å². The van der Waals surface area contributed by atoms with E-state index >= 15 is 0 Å². The minimum Gasteiger partial charge on any atom is -0.444 e. The normalized spacial score (nSPS) is 27.1. The molecule has 4 nitrogen and oxygen atoms in total. The van der Waals surface area contributed by atoms with Gasteiger partial charge in [-0.3, -0.25) is 0 Å². The smallest absolute Gasteiger partial charge is 0.410 e. The molecular weight excluding hydrogens is 218 g/mol. The molecule has 0 radical (unpaired) electrons. The number of hydrogen-bond acceptors (Lipinski definition) is 3. The number of rotatable bonds is 1. The molecule has 1 saturated carbocycles. The van der Waals surface area contributed by atoms with Gasteiger partial charge in [0.15, 0.2) is 0 Å². The second-order valence-electron chi connectivity index (χ2n) is 6.48. The van der Waals surface area contributed by atoms with E-state index in [0.717, 1.165) is 19.4 Å². The van der Waals surface area contributed by atoms with Crippen molar-refractivity contribution in [3.8, 4) is 0 Å². The Morgan fingerprint density at radius 3 is 2.53 bits per heavy atom. The first-order valence-electron chi connectivity index (χ1n) is 6.46. The van der Waals surface area contributed by atoms with Crippen LogP contribution in [-0.4, -0.2) is 40.9 Å². The summed E-state index contributed by atoms with van der Waals surface area (Å²) in [7, 11) is 0. The molecule has 1 amide bonds. The van der Waals surface area contributed by atoms with Crippen LogP contribution in [0.5, 0.6) is 0 Å². The molecule has 1 spiro atoms. The fraction of sp³-hybridized carbons (Fsp3) is 0.923. The van der Waals surface area contributed by atoms with Crippen LogP contribution in [0.15, 0.2) is 0 Å². The lowest BCUT2D eigenvalue weighted by molar-refractivity contribution is -0.00887. The maximum atomic E-state index is 12.1. The number of ether oxygens (including phenoxy) is 1. The number of piperidine rings is 1. The first kappa shape index (κ1) is 12.7. The van der Waals surface area contributed by atoms with Crippen molar-refractivity contribution >= 4 is 6.09 Å². The standard InChI is InChI=1S/C13H23NO3/c1-12(2,3)17-11(16)14-9-13(6-7-13)5-4-10(14)8-15/h10,15H,4-9H2,1-3H3/t10-/m1/s1. The van der Waals surface area contributed by atoms with Crippen molar-refractivity contribution in [2.24, 2.45) is 5.41 Å². The predicted molar refractivity (Wildman–Crippen MR) is 64.7 cm³/mol. The first-order valence-corrected chi connectivity index (χ1v) is 6.46. The maximum Gasteiger partial charge on any atom is 0.410 e. The van der Waals surface area contributed by atoms with Crippen molar-refractivity contribution < 1.29 is 14.6 Å². The Kier molecular flexibility index (Phi) is 3.10. The molecule has 1 heterocycles. The van der Waals surface area contributed by atoms with Crippen molar-refractivity contribution in [2.45, 2.75) is 58.1 Å². The molecule has 1 aliphatic carbocycles. The molecule has 1 N–H and O–H groups in total. The minimum atomic E-state index is -0.467. The molecule has 0 unspecified atom stereocenters. The summed E-state index contributed by atoms with van der Waals surface area (Å²) in [5.41, 5.74) is -0.117. The van der Waals surface area contributed by atoms with Crippen molar-refractivity contribution in [2.75, 3.05) is 13.2 Å². The summed E-state index contributed by atoms with van der Waals surface area (Å²) in [5, 5.41) is 9.35. The van der Waals surface area contributed by atoms with Gasteiger partial charge in [0.25, 0.3) is 0 Å². The van der Waals surface area contributed by atoms with E-state index in [1.54, 1.807) is 4.90 Å². The van der Waals surface area contributed by atoms with Gasteiger partial charge >= 0.3 is 6.09 Å². The largest absolute Gasteiger partial charge is 0.444 e. The molecule has 4 heteroatoms. The third kappa shape index (κ3) is 2.92. The van der Waals surface area contributed by atoms with Gasteiger partial charge in [-0.15, -0.1) is 0 Å². The second-order valence-corrected chi connectivity index (χ2v) is 6.48. The Labute approximate surface area is 103 Å². The molecule has 0 bridgehead atoms. The molecule has 1 saturated heterocycles.